The predicted molar refractivity (Wildman–Crippen MR) is 125 cm³/mol. The van der Waals surface area contributed by atoms with E-state index in [1.165, 1.54) is 33.2 Å². The van der Waals surface area contributed by atoms with E-state index < -0.39 is 0 Å². The predicted octanol–water partition coefficient (Wildman–Crippen LogP) is 7.42. The molecule has 1 aliphatic heterocycles. The number of rotatable bonds is 4. The Balaban J connectivity index is 2.23. The van der Waals surface area contributed by atoms with E-state index in [1.807, 2.05) is 0 Å². The van der Waals surface area contributed by atoms with Gasteiger partial charge >= 0.3 is 0 Å². The van der Waals surface area contributed by atoms with Crippen molar-refractivity contribution in [3.63, 3.8) is 0 Å². The average Bonchev–Trinajstić information content (AvgIpc) is 2.74. The number of fused-ring (bicyclic) bond motifs is 5. The Hall–Kier alpha value is -2.15. The second-order valence-corrected chi connectivity index (χ2v) is 9.45. The van der Waals surface area contributed by atoms with Gasteiger partial charge in [0.2, 0.25) is 5.69 Å². The van der Waals surface area contributed by atoms with E-state index >= 15 is 0 Å². The molecular weight excluding hydrogens is 350 g/mol. The first-order chi connectivity index (χ1) is 13.8. The lowest BCUT2D eigenvalue weighted by molar-refractivity contribution is -0.765. The van der Waals surface area contributed by atoms with E-state index in [-0.39, 0.29) is 11.0 Å². The molecule has 1 aliphatic rings. The van der Waals surface area contributed by atoms with Crippen LogP contribution in [0.1, 0.15) is 83.4 Å². The minimum atomic E-state index is 0.0449. The van der Waals surface area contributed by atoms with Crippen LogP contribution in [-0.4, -0.2) is 0 Å². The molecule has 0 radical (unpaired) electrons. The van der Waals surface area contributed by atoms with E-state index in [9.17, 15) is 0 Å². The van der Waals surface area contributed by atoms with Gasteiger partial charge in [-0.25, -0.2) is 0 Å². The van der Waals surface area contributed by atoms with Crippen molar-refractivity contribution in [2.24, 2.45) is 0 Å². The minimum absolute atomic E-state index is 0.0449. The van der Waals surface area contributed by atoms with Crippen LogP contribution in [0.4, 0.5) is 0 Å². The lowest BCUT2D eigenvalue weighted by Gasteiger charge is -2.48. The van der Waals surface area contributed by atoms with Crippen LogP contribution in [0.5, 0.6) is 0 Å². The van der Waals surface area contributed by atoms with Crippen LogP contribution in [0.15, 0.2) is 48.7 Å². The third kappa shape index (κ3) is 2.56. The highest BCUT2D eigenvalue weighted by molar-refractivity contribution is 5.96. The molecule has 0 amide bonds. The van der Waals surface area contributed by atoms with Gasteiger partial charge in [0.1, 0.15) is 0 Å². The van der Waals surface area contributed by atoms with Gasteiger partial charge in [-0.15, -0.1) is 0 Å². The highest BCUT2D eigenvalue weighted by atomic mass is 15.1. The van der Waals surface area contributed by atoms with E-state index in [1.54, 1.807) is 5.56 Å². The fourth-order valence-electron chi connectivity index (χ4n) is 6.10. The van der Waals surface area contributed by atoms with E-state index in [0.29, 0.717) is 5.92 Å². The number of pyridine rings is 1. The summed E-state index contributed by atoms with van der Waals surface area (Å²) in [6.45, 7) is 16.5. The summed E-state index contributed by atoms with van der Waals surface area (Å²) >= 11 is 0. The summed E-state index contributed by atoms with van der Waals surface area (Å²) in [6, 6.07) is 16.3. The third-order valence-electron chi connectivity index (χ3n) is 8.11. The molecule has 1 nitrogen and oxygen atoms in total. The molecule has 4 rings (SSSR count). The molecule has 2 heterocycles. The van der Waals surface area contributed by atoms with Crippen LogP contribution >= 0.6 is 0 Å². The molecule has 0 saturated heterocycles. The number of nitrogens with zero attached hydrogens (tertiary/aromatic N) is 1. The molecule has 29 heavy (non-hydrogen) atoms. The molecule has 0 saturated carbocycles. The van der Waals surface area contributed by atoms with Gasteiger partial charge in [-0.3, -0.25) is 0 Å². The molecule has 0 spiro atoms. The van der Waals surface area contributed by atoms with Crippen LogP contribution in [0.2, 0.25) is 0 Å². The molecular formula is C28H36N+. The number of benzene rings is 2. The smallest absolute Gasteiger partial charge is 0.192 e. The van der Waals surface area contributed by atoms with Gasteiger partial charge in [-0.1, -0.05) is 65.0 Å². The molecule has 1 unspecified atom stereocenters. The summed E-state index contributed by atoms with van der Waals surface area (Å²) in [7, 11) is 0. The second kappa shape index (κ2) is 6.97. The van der Waals surface area contributed by atoms with Crippen LogP contribution in [-0.2, 0) is 11.0 Å². The molecule has 0 bridgehead atoms. The molecule has 2 aromatic carbocycles. The monoisotopic (exact) mass is 386 g/mol. The SMILES string of the molecule is CCC1(CC)c2cc(C(C)C)ccc2-c2c3ccccc3c(C)c[n+]2C1(C)CC. The standard InChI is InChI=1S/C28H36N/c1-8-27(7)28(9-2,10-3)25-17-21(19(4)5)15-16-24(25)26-23-14-12-11-13-22(23)20(6)18-29(26)27/h11-19H,8-10H2,1-7H3/q+1. The van der Waals surface area contributed by atoms with Crippen molar-refractivity contribution in [2.75, 3.05) is 0 Å². The summed E-state index contributed by atoms with van der Waals surface area (Å²) in [6.07, 6.45) is 5.86. The Bertz CT molecular complexity index is 1070. The summed E-state index contributed by atoms with van der Waals surface area (Å²) in [5.41, 5.74) is 7.40. The summed E-state index contributed by atoms with van der Waals surface area (Å²) in [5.74, 6) is 0.545. The number of aryl methyl sites for hydroxylation is 1. The Morgan fingerprint density at radius 3 is 2.14 bits per heavy atom. The molecule has 152 valence electrons. The van der Waals surface area contributed by atoms with Gasteiger partial charge in [-0.05, 0) is 54.3 Å². The number of hydrogen-bond donors (Lipinski definition) is 0. The maximum absolute atomic E-state index is 2.65. The van der Waals surface area contributed by atoms with Gasteiger partial charge < -0.3 is 0 Å². The Labute approximate surface area is 176 Å². The van der Waals surface area contributed by atoms with Crippen molar-refractivity contribution in [1.29, 1.82) is 0 Å². The minimum Gasteiger partial charge on any atom is -0.192 e. The van der Waals surface area contributed by atoms with E-state index in [2.05, 4.69) is 102 Å². The van der Waals surface area contributed by atoms with Gasteiger partial charge in [0, 0.05) is 18.9 Å². The van der Waals surface area contributed by atoms with Crippen molar-refractivity contribution >= 4 is 10.8 Å². The fraction of sp³-hybridized carbons (Fsp3) is 0.464. The van der Waals surface area contributed by atoms with E-state index in [0.717, 1.165) is 19.3 Å². The molecule has 0 fully saturated rings. The Morgan fingerprint density at radius 1 is 0.897 bits per heavy atom. The zero-order valence-electron chi connectivity index (χ0n) is 19.3. The topological polar surface area (TPSA) is 3.88 Å². The molecule has 1 atom stereocenters. The lowest BCUT2D eigenvalue weighted by Crippen LogP contribution is -2.68. The molecule has 3 aromatic rings. The molecule has 0 N–H and O–H groups in total. The number of hydrogen-bond acceptors (Lipinski definition) is 0. The van der Waals surface area contributed by atoms with Crippen LogP contribution < -0.4 is 4.57 Å². The third-order valence-corrected chi connectivity index (χ3v) is 8.11. The van der Waals surface area contributed by atoms with Gasteiger partial charge in [0.25, 0.3) is 0 Å². The largest absolute Gasteiger partial charge is 0.221 e. The average molecular weight is 387 g/mol. The first-order valence-electron chi connectivity index (χ1n) is 11.4. The zero-order chi connectivity index (χ0) is 21.0. The summed E-state index contributed by atoms with van der Waals surface area (Å²) in [5, 5.41) is 2.75. The Morgan fingerprint density at radius 2 is 1.55 bits per heavy atom. The highest BCUT2D eigenvalue weighted by Crippen LogP contribution is 2.53. The normalized spacial score (nSPS) is 20.0. The lowest BCUT2D eigenvalue weighted by atomic mass is 9.57. The summed E-state index contributed by atoms with van der Waals surface area (Å²) < 4.78 is 2.65. The highest BCUT2D eigenvalue weighted by Gasteiger charge is 2.58. The van der Waals surface area contributed by atoms with Crippen LogP contribution in [0, 0.1) is 6.92 Å². The van der Waals surface area contributed by atoms with E-state index in [4.69, 9.17) is 0 Å². The van der Waals surface area contributed by atoms with Gasteiger partial charge in [0.05, 0.1) is 16.4 Å². The first kappa shape index (κ1) is 20.1. The van der Waals surface area contributed by atoms with Gasteiger partial charge in [0.15, 0.2) is 11.7 Å². The van der Waals surface area contributed by atoms with Crippen molar-refractivity contribution in [3.8, 4) is 11.3 Å². The van der Waals surface area contributed by atoms with Crippen molar-refractivity contribution in [1.82, 2.24) is 0 Å². The maximum atomic E-state index is 2.65. The van der Waals surface area contributed by atoms with Crippen molar-refractivity contribution in [2.45, 2.75) is 84.6 Å². The molecule has 1 aromatic heterocycles. The van der Waals surface area contributed by atoms with Crippen LogP contribution in [0.3, 0.4) is 0 Å². The maximum Gasteiger partial charge on any atom is 0.221 e. The fourth-order valence-corrected chi connectivity index (χ4v) is 6.10. The molecule has 1 heteroatoms. The molecule has 0 aliphatic carbocycles. The van der Waals surface area contributed by atoms with Crippen molar-refractivity contribution in [3.05, 3.63) is 65.4 Å². The number of aromatic nitrogens is 1. The first-order valence-corrected chi connectivity index (χ1v) is 11.4. The second-order valence-electron chi connectivity index (χ2n) is 9.45. The quantitative estimate of drug-likeness (QED) is 0.411. The summed E-state index contributed by atoms with van der Waals surface area (Å²) in [4.78, 5) is 0. The van der Waals surface area contributed by atoms with Gasteiger partial charge in [-0.2, -0.15) is 4.57 Å². The van der Waals surface area contributed by atoms with Crippen LogP contribution in [0.25, 0.3) is 22.0 Å². The Kier molecular flexibility index (Phi) is 4.84. The van der Waals surface area contributed by atoms with Crippen molar-refractivity contribution < 1.29 is 4.57 Å². The zero-order valence-corrected chi connectivity index (χ0v) is 19.3.